The summed E-state index contributed by atoms with van der Waals surface area (Å²) in [4.78, 5) is 19.6. The van der Waals surface area contributed by atoms with Gasteiger partial charge in [-0.25, -0.2) is 0 Å². The summed E-state index contributed by atoms with van der Waals surface area (Å²) in [6.07, 6.45) is 0.438. The Morgan fingerprint density at radius 3 is 1.37 bits per heavy atom. The fourth-order valence-electron chi connectivity index (χ4n) is 2.97. The molecule has 0 aliphatic heterocycles. The lowest BCUT2D eigenvalue weighted by Crippen LogP contribution is -2.51. The molecule has 2 atom stereocenters. The van der Waals surface area contributed by atoms with Crippen molar-refractivity contribution in [2.75, 3.05) is 53.6 Å². The maximum atomic E-state index is 10.2. The van der Waals surface area contributed by atoms with Crippen molar-refractivity contribution in [1.82, 2.24) is 0 Å². The van der Waals surface area contributed by atoms with E-state index in [4.69, 9.17) is 9.47 Å². The highest BCUT2D eigenvalue weighted by Crippen LogP contribution is 2.09. The van der Waals surface area contributed by atoms with Gasteiger partial charge in [-0.05, 0) is 51.1 Å². The van der Waals surface area contributed by atoms with Crippen LogP contribution in [0.5, 0.6) is 0 Å². The third kappa shape index (κ3) is 19.3. The number of nitrogens with zero attached hydrogens (tertiary/aromatic N) is 1. The van der Waals surface area contributed by atoms with Crippen LogP contribution in [0.1, 0.15) is 12.8 Å². The molecule has 0 aromatic carbocycles. The number of hydrogen-bond donors (Lipinski definition) is 4. The van der Waals surface area contributed by atoms with Crippen molar-refractivity contribution in [2.24, 2.45) is 0 Å². The van der Waals surface area contributed by atoms with Crippen molar-refractivity contribution < 1.29 is 33.8 Å². The highest BCUT2D eigenvalue weighted by molar-refractivity contribution is 6.70. The summed E-state index contributed by atoms with van der Waals surface area (Å²) in [5, 5.41) is 20.3. The van der Waals surface area contributed by atoms with Crippen LogP contribution in [0.25, 0.3) is 0 Å². The second-order valence-electron chi connectivity index (χ2n) is 9.59. The average Bonchev–Trinajstić information content (AvgIpc) is 2.42. The smallest absolute Gasteiger partial charge is 0.182 e. The summed E-state index contributed by atoms with van der Waals surface area (Å²) in [7, 11) is -0.0966. The molecule has 2 unspecified atom stereocenters. The molecule has 0 spiro atoms. The van der Waals surface area contributed by atoms with Gasteiger partial charge in [0.2, 0.25) is 0 Å². The van der Waals surface area contributed by atoms with Gasteiger partial charge in [0.25, 0.3) is 0 Å². The van der Waals surface area contributed by atoms with Crippen LogP contribution < -0.4 is 0 Å². The van der Waals surface area contributed by atoms with Gasteiger partial charge in [0.1, 0.15) is 25.3 Å². The molecular weight excluding hydrogens is 382 g/mol. The fraction of sp³-hybridized carbons (Fsp3) is 1.00. The van der Waals surface area contributed by atoms with E-state index in [0.717, 1.165) is 24.9 Å². The van der Waals surface area contributed by atoms with Crippen LogP contribution in [-0.2, 0) is 9.47 Å². The Morgan fingerprint density at radius 2 is 1.07 bits per heavy atom. The Kier molecular flexibility index (Phi) is 12.7. The zero-order chi connectivity index (χ0) is 21.1. The van der Waals surface area contributed by atoms with Crippen molar-refractivity contribution in [1.29, 1.82) is 0 Å². The van der Waals surface area contributed by atoms with Crippen molar-refractivity contribution in [2.45, 2.75) is 63.3 Å². The molecule has 0 aliphatic carbocycles. The summed E-state index contributed by atoms with van der Waals surface area (Å²) in [6.45, 7) is 10.2. The summed E-state index contributed by atoms with van der Waals surface area (Å²) >= 11 is 0. The molecule has 0 amide bonds. The Labute approximate surface area is 167 Å². The van der Waals surface area contributed by atoms with E-state index in [2.05, 4.69) is 0 Å². The number of likely N-dealkylation sites (N-methyl/N-ethyl adjacent to an activating group) is 1. The molecule has 7 nitrogen and oxygen atoms in total. The molecule has 0 heterocycles. The summed E-state index contributed by atoms with van der Waals surface area (Å²) < 4.78 is 11.5. The van der Waals surface area contributed by atoms with Crippen molar-refractivity contribution >= 4 is 16.6 Å². The molecule has 0 fully saturated rings. The maximum Gasteiger partial charge on any atom is 0.182 e. The van der Waals surface area contributed by atoms with Gasteiger partial charge in [-0.1, -0.05) is 0 Å². The first-order valence-corrected chi connectivity index (χ1v) is 16.3. The van der Waals surface area contributed by atoms with E-state index in [1.807, 2.05) is 40.3 Å². The van der Waals surface area contributed by atoms with Gasteiger partial charge in [0.15, 0.2) is 16.6 Å². The minimum Gasteiger partial charge on any atom is -0.432 e. The van der Waals surface area contributed by atoms with Gasteiger partial charge in [-0.2, -0.15) is 0 Å². The van der Waals surface area contributed by atoms with Gasteiger partial charge < -0.3 is 33.8 Å². The molecule has 0 radical (unpaired) electrons. The predicted molar refractivity (Wildman–Crippen MR) is 114 cm³/mol. The number of ether oxygens (including phenoxy) is 2. The van der Waals surface area contributed by atoms with Crippen molar-refractivity contribution in [3.63, 3.8) is 0 Å². The van der Waals surface area contributed by atoms with E-state index in [9.17, 15) is 19.8 Å². The van der Waals surface area contributed by atoms with Crippen LogP contribution in [0.3, 0.4) is 0 Å². The van der Waals surface area contributed by atoms with Gasteiger partial charge in [-0.3, -0.25) is 0 Å². The van der Waals surface area contributed by atoms with Crippen LogP contribution in [0.4, 0.5) is 0 Å². The molecule has 0 saturated heterocycles. The number of rotatable bonds is 16. The minimum atomic E-state index is -2.01. The molecule has 0 aromatic rings. The van der Waals surface area contributed by atoms with Crippen LogP contribution in [0.15, 0.2) is 0 Å². The Hall–Kier alpha value is 0.154. The number of hydrogen-bond acceptors (Lipinski definition) is 6. The number of quaternary nitrogens is 1. The van der Waals surface area contributed by atoms with Crippen molar-refractivity contribution in [3.8, 4) is 0 Å². The second-order valence-corrected chi connectivity index (χ2v) is 17.8. The van der Waals surface area contributed by atoms with E-state index in [1.165, 1.54) is 0 Å². The van der Waals surface area contributed by atoms with Gasteiger partial charge in [0.05, 0.1) is 27.3 Å². The maximum absolute atomic E-state index is 10.2. The molecule has 0 aliphatic rings. The minimum absolute atomic E-state index is 0.266. The number of aliphatic hydroxyl groups excluding tert-OH is 2. The summed E-state index contributed by atoms with van der Waals surface area (Å²) in [5.41, 5.74) is 0. The molecule has 0 rings (SSSR count). The first-order valence-electron chi connectivity index (χ1n) is 9.99. The monoisotopic (exact) mass is 426 g/mol. The molecule has 0 aromatic heterocycles. The lowest BCUT2D eigenvalue weighted by Gasteiger charge is -2.33. The summed E-state index contributed by atoms with van der Waals surface area (Å²) in [6, 6.07) is 1.60. The predicted octanol–water partition coefficient (Wildman–Crippen LogP) is 0.993. The van der Waals surface area contributed by atoms with Gasteiger partial charge in [-0.15, -0.1) is 0 Å². The molecule has 0 saturated carbocycles. The third-order valence-electron chi connectivity index (χ3n) is 4.18. The Bertz CT molecular complexity index is 351. The van der Waals surface area contributed by atoms with E-state index >= 15 is 0 Å². The summed E-state index contributed by atoms with van der Waals surface area (Å²) in [5.74, 6) is 0. The zero-order valence-corrected chi connectivity index (χ0v) is 20.3. The molecule has 27 heavy (non-hydrogen) atoms. The van der Waals surface area contributed by atoms with Crippen molar-refractivity contribution in [3.05, 3.63) is 0 Å². The van der Waals surface area contributed by atoms with E-state index in [0.29, 0.717) is 30.8 Å². The van der Waals surface area contributed by atoms with E-state index in [-0.39, 0.29) is 13.2 Å². The Morgan fingerprint density at radius 1 is 0.741 bits per heavy atom. The normalized spacial score (nSPS) is 15.8. The molecule has 164 valence electrons. The highest BCUT2D eigenvalue weighted by Gasteiger charge is 2.25. The first kappa shape index (κ1) is 27.2. The van der Waals surface area contributed by atoms with Crippen LogP contribution in [0.2, 0.25) is 38.3 Å². The number of aliphatic hydroxyl groups is 2. The van der Waals surface area contributed by atoms with Crippen LogP contribution >= 0.6 is 0 Å². The highest BCUT2D eigenvalue weighted by atomic mass is 28.4. The quantitative estimate of drug-likeness (QED) is 0.167. The molecule has 4 N–H and O–H groups in total. The van der Waals surface area contributed by atoms with Gasteiger partial charge in [0, 0.05) is 13.2 Å². The molecule has 9 heteroatoms. The Balaban J connectivity index is 3.89. The average molecular weight is 427 g/mol. The zero-order valence-electron chi connectivity index (χ0n) is 18.3. The van der Waals surface area contributed by atoms with Crippen LogP contribution in [-0.4, -0.2) is 107 Å². The topological polar surface area (TPSA) is 99.4 Å². The van der Waals surface area contributed by atoms with Gasteiger partial charge >= 0.3 is 0 Å². The SMILES string of the molecule is C[N+](C)(CC(O)COCCC[Si](C)(C)O)CC(O)COCCC[Si](C)(C)O. The lowest BCUT2D eigenvalue weighted by atomic mass is 10.2. The van der Waals surface area contributed by atoms with E-state index < -0.39 is 28.8 Å². The molecule has 0 bridgehead atoms. The second kappa shape index (κ2) is 12.7. The lowest BCUT2D eigenvalue weighted by molar-refractivity contribution is -0.896. The molecular formula is C18H44NO6Si2+. The largest absolute Gasteiger partial charge is 0.432 e. The van der Waals surface area contributed by atoms with E-state index in [1.54, 1.807) is 0 Å². The third-order valence-corrected chi connectivity index (χ3v) is 7.34. The van der Waals surface area contributed by atoms with Crippen LogP contribution in [0, 0.1) is 0 Å². The standard InChI is InChI=1S/C18H44NO6Si2/c1-19(2,13-17(20)15-24-9-7-11-26(3,4)22)14-18(21)16-25-10-8-12-27(5,6)23/h17-18,20-23H,7-16H2,1-6H3/q+1. The first-order chi connectivity index (χ1) is 12.2. The fourth-order valence-corrected chi connectivity index (χ4v) is 4.99.